The van der Waals surface area contributed by atoms with Crippen molar-refractivity contribution in [3.05, 3.63) is 12.4 Å². The maximum atomic E-state index is 12.1. The Morgan fingerprint density at radius 2 is 1.23 bits per heavy atom. The molecule has 3 rings (SSSR count). The van der Waals surface area contributed by atoms with Gasteiger partial charge in [0.2, 0.25) is 11.8 Å². The molecule has 0 aliphatic heterocycles. The van der Waals surface area contributed by atoms with E-state index in [1.165, 1.54) is 12.4 Å². The van der Waals surface area contributed by atoms with Gasteiger partial charge in [0.25, 0.3) is 0 Å². The summed E-state index contributed by atoms with van der Waals surface area (Å²) in [5.41, 5.74) is 0. The monoisotopic (exact) mass is 302 g/mol. The summed E-state index contributed by atoms with van der Waals surface area (Å²) in [5, 5.41) is 5.61. The lowest BCUT2D eigenvalue weighted by Gasteiger charge is -2.12. The third kappa shape index (κ3) is 3.61. The fourth-order valence-corrected chi connectivity index (χ4v) is 3.32. The van der Waals surface area contributed by atoms with E-state index in [1.807, 2.05) is 0 Å². The van der Waals surface area contributed by atoms with Crippen molar-refractivity contribution in [2.24, 2.45) is 11.8 Å². The van der Waals surface area contributed by atoms with Crippen LogP contribution in [0.5, 0.6) is 0 Å². The second-order valence-electron chi connectivity index (χ2n) is 6.23. The number of carbonyl (C=O) groups is 2. The standard InChI is InChI=1S/C16H22N4O2/c21-15(11-5-1-2-6-11)19-13-9-17-10-14(18-13)20-16(22)12-7-3-4-8-12/h9-12H,1-8H2,(H2,18,19,20,21,22). The van der Waals surface area contributed by atoms with E-state index < -0.39 is 0 Å². The van der Waals surface area contributed by atoms with Crippen LogP contribution in [-0.4, -0.2) is 21.8 Å². The fraction of sp³-hybridized carbons (Fsp3) is 0.625. The van der Waals surface area contributed by atoms with Crippen LogP contribution in [0.25, 0.3) is 0 Å². The predicted molar refractivity (Wildman–Crippen MR) is 83.2 cm³/mol. The van der Waals surface area contributed by atoms with E-state index in [0.29, 0.717) is 11.6 Å². The van der Waals surface area contributed by atoms with Crippen molar-refractivity contribution < 1.29 is 9.59 Å². The first-order valence-electron chi connectivity index (χ1n) is 8.16. The van der Waals surface area contributed by atoms with Gasteiger partial charge < -0.3 is 10.6 Å². The highest BCUT2D eigenvalue weighted by Gasteiger charge is 2.24. The molecule has 2 aliphatic carbocycles. The largest absolute Gasteiger partial charge is 0.309 e. The molecule has 2 fully saturated rings. The molecule has 1 aromatic heterocycles. The zero-order valence-corrected chi connectivity index (χ0v) is 12.7. The smallest absolute Gasteiger partial charge is 0.228 e. The first-order chi connectivity index (χ1) is 10.7. The topological polar surface area (TPSA) is 84.0 Å². The van der Waals surface area contributed by atoms with Gasteiger partial charge in [-0.3, -0.25) is 14.6 Å². The van der Waals surface area contributed by atoms with Gasteiger partial charge in [-0.2, -0.15) is 0 Å². The number of nitrogens with one attached hydrogen (secondary N) is 2. The zero-order chi connectivity index (χ0) is 15.4. The molecule has 0 atom stereocenters. The molecule has 0 spiro atoms. The first kappa shape index (κ1) is 14.9. The highest BCUT2D eigenvalue weighted by atomic mass is 16.2. The zero-order valence-electron chi connectivity index (χ0n) is 12.7. The predicted octanol–water partition coefficient (Wildman–Crippen LogP) is 2.73. The Morgan fingerprint density at radius 1 is 0.818 bits per heavy atom. The average Bonchev–Trinajstić information content (AvgIpc) is 3.21. The van der Waals surface area contributed by atoms with Crippen LogP contribution in [0.4, 0.5) is 11.6 Å². The van der Waals surface area contributed by atoms with Gasteiger partial charge in [0.1, 0.15) is 0 Å². The van der Waals surface area contributed by atoms with Crippen molar-refractivity contribution in [2.45, 2.75) is 51.4 Å². The van der Waals surface area contributed by atoms with Gasteiger partial charge in [0.05, 0.1) is 12.4 Å². The van der Waals surface area contributed by atoms with E-state index in [9.17, 15) is 9.59 Å². The van der Waals surface area contributed by atoms with Crippen molar-refractivity contribution in [3.8, 4) is 0 Å². The van der Waals surface area contributed by atoms with E-state index in [4.69, 9.17) is 0 Å². The highest BCUT2D eigenvalue weighted by Crippen LogP contribution is 2.27. The van der Waals surface area contributed by atoms with Crippen LogP contribution in [0.15, 0.2) is 12.4 Å². The Labute approximate surface area is 130 Å². The Kier molecular flexibility index (Phi) is 4.65. The Bertz CT molecular complexity index is 504. The summed E-state index contributed by atoms with van der Waals surface area (Å²) in [6.07, 6.45) is 11.2. The number of anilines is 2. The van der Waals surface area contributed by atoms with E-state index >= 15 is 0 Å². The maximum absolute atomic E-state index is 12.1. The van der Waals surface area contributed by atoms with E-state index in [0.717, 1.165) is 51.4 Å². The molecule has 0 aromatic carbocycles. The number of hydrogen-bond donors (Lipinski definition) is 2. The molecule has 2 aliphatic rings. The molecule has 2 saturated carbocycles. The van der Waals surface area contributed by atoms with Crippen molar-refractivity contribution in [2.75, 3.05) is 10.6 Å². The lowest BCUT2D eigenvalue weighted by molar-refractivity contribution is -0.120. The van der Waals surface area contributed by atoms with Crippen LogP contribution in [0, 0.1) is 11.8 Å². The van der Waals surface area contributed by atoms with Crippen molar-refractivity contribution >= 4 is 23.5 Å². The molecule has 6 heteroatoms. The van der Waals surface area contributed by atoms with E-state index in [1.54, 1.807) is 0 Å². The van der Waals surface area contributed by atoms with Crippen LogP contribution in [0.2, 0.25) is 0 Å². The third-order valence-corrected chi connectivity index (χ3v) is 4.59. The number of aromatic nitrogens is 2. The highest BCUT2D eigenvalue weighted by molar-refractivity contribution is 5.93. The number of carbonyl (C=O) groups excluding carboxylic acids is 2. The van der Waals surface area contributed by atoms with Crippen molar-refractivity contribution in [1.29, 1.82) is 0 Å². The molecule has 2 N–H and O–H groups in total. The molecule has 2 amide bonds. The molecule has 0 radical (unpaired) electrons. The van der Waals surface area contributed by atoms with Crippen molar-refractivity contribution in [3.63, 3.8) is 0 Å². The quantitative estimate of drug-likeness (QED) is 0.895. The summed E-state index contributed by atoms with van der Waals surface area (Å²) in [4.78, 5) is 32.5. The van der Waals surface area contributed by atoms with Gasteiger partial charge in [-0.25, -0.2) is 4.98 Å². The van der Waals surface area contributed by atoms with E-state index in [2.05, 4.69) is 20.6 Å². The Morgan fingerprint density at radius 3 is 1.64 bits per heavy atom. The van der Waals surface area contributed by atoms with Gasteiger partial charge in [0, 0.05) is 11.8 Å². The van der Waals surface area contributed by atoms with Gasteiger partial charge in [-0.15, -0.1) is 0 Å². The third-order valence-electron chi connectivity index (χ3n) is 4.59. The minimum absolute atomic E-state index is 0.00562. The number of hydrogen-bond acceptors (Lipinski definition) is 4. The minimum Gasteiger partial charge on any atom is -0.309 e. The Hall–Kier alpha value is -1.98. The first-order valence-corrected chi connectivity index (χ1v) is 8.16. The SMILES string of the molecule is O=C(Nc1cncc(NC(=O)C2CCCC2)n1)C1CCCC1. The minimum atomic E-state index is 0.00562. The molecular formula is C16H22N4O2. The van der Waals surface area contributed by atoms with Crippen molar-refractivity contribution in [1.82, 2.24) is 9.97 Å². The number of amides is 2. The summed E-state index contributed by atoms with van der Waals surface area (Å²) < 4.78 is 0. The van der Waals surface area contributed by atoms with Crippen LogP contribution >= 0.6 is 0 Å². The second kappa shape index (κ2) is 6.85. The summed E-state index contributed by atoms with van der Waals surface area (Å²) in [6.45, 7) is 0. The van der Waals surface area contributed by atoms with Crippen LogP contribution in [-0.2, 0) is 9.59 Å². The number of rotatable bonds is 4. The van der Waals surface area contributed by atoms with Gasteiger partial charge in [-0.05, 0) is 25.7 Å². The van der Waals surface area contributed by atoms with Gasteiger partial charge >= 0.3 is 0 Å². The normalized spacial score (nSPS) is 19.3. The summed E-state index contributed by atoms with van der Waals surface area (Å²) in [5.74, 6) is 0.983. The second-order valence-corrected chi connectivity index (χ2v) is 6.23. The van der Waals surface area contributed by atoms with Crippen LogP contribution < -0.4 is 10.6 Å². The summed E-state index contributed by atoms with van der Waals surface area (Å²) in [6, 6.07) is 0. The van der Waals surface area contributed by atoms with Gasteiger partial charge in [-0.1, -0.05) is 25.7 Å². The molecular weight excluding hydrogens is 280 g/mol. The van der Waals surface area contributed by atoms with Crippen LogP contribution in [0.1, 0.15) is 51.4 Å². The molecule has 118 valence electrons. The van der Waals surface area contributed by atoms with E-state index in [-0.39, 0.29) is 23.7 Å². The molecule has 6 nitrogen and oxygen atoms in total. The maximum Gasteiger partial charge on any atom is 0.228 e. The lowest BCUT2D eigenvalue weighted by Crippen LogP contribution is -2.23. The van der Waals surface area contributed by atoms with Gasteiger partial charge in [0.15, 0.2) is 11.6 Å². The lowest BCUT2D eigenvalue weighted by atomic mass is 10.1. The van der Waals surface area contributed by atoms with Crippen LogP contribution in [0.3, 0.4) is 0 Å². The molecule has 0 saturated heterocycles. The number of nitrogens with zero attached hydrogens (tertiary/aromatic N) is 2. The molecule has 22 heavy (non-hydrogen) atoms. The molecule has 1 aromatic rings. The average molecular weight is 302 g/mol. The summed E-state index contributed by atoms with van der Waals surface area (Å²) in [7, 11) is 0. The fourth-order valence-electron chi connectivity index (χ4n) is 3.32. The molecule has 0 unspecified atom stereocenters. The molecule has 0 bridgehead atoms. The molecule has 1 heterocycles. The Balaban J connectivity index is 1.59. The summed E-state index contributed by atoms with van der Waals surface area (Å²) >= 11 is 0.